The van der Waals surface area contributed by atoms with Crippen LogP contribution in [-0.2, 0) is 5.75 Å². The summed E-state index contributed by atoms with van der Waals surface area (Å²) in [6, 6.07) is 9.75. The van der Waals surface area contributed by atoms with Crippen molar-refractivity contribution in [3.05, 3.63) is 35.4 Å². The van der Waals surface area contributed by atoms with Gasteiger partial charge in [-0.05, 0) is 18.6 Å². The van der Waals surface area contributed by atoms with Crippen LogP contribution in [0.2, 0.25) is 0 Å². The fraction of sp³-hybridized carbons (Fsp3) is 0.417. The van der Waals surface area contributed by atoms with Crippen molar-refractivity contribution in [3.8, 4) is 6.07 Å². The average Bonchev–Trinajstić information content (AvgIpc) is 2.26. The van der Waals surface area contributed by atoms with Gasteiger partial charge < -0.3 is 5.11 Å². The Morgan fingerprint density at radius 1 is 1.40 bits per heavy atom. The molecule has 0 fully saturated rings. The topological polar surface area (TPSA) is 44.0 Å². The highest BCUT2D eigenvalue weighted by molar-refractivity contribution is 7.99. The molecule has 0 spiro atoms. The van der Waals surface area contributed by atoms with E-state index in [1.165, 1.54) is 0 Å². The molecule has 2 nitrogen and oxygen atoms in total. The number of nitriles is 1. The molecule has 0 bridgehead atoms. The van der Waals surface area contributed by atoms with Crippen LogP contribution < -0.4 is 0 Å². The Hall–Kier alpha value is -0.980. The lowest BCUT2D eigenvalue weighted by molar-refractivity contribution is 0.196. The minimum absolute atomic E-state index is 0.191. The summed E-state index contributed by atoms with van der Waals surface area (Å²) in [5, 5.41) is 18.4. The molecular weight excluding hydrogens is 206 g/mol. The Bertz CT molecular complexity index is 357. The van der Waals surface area contributed by atoms with Crippen LogP contribution in [0.1, 0.15) is 25.0 Å². The zero-order valence-electron chi connectivity index (χ0n) is 8.97. The molecule has 0 aromatic heterocycles. The summed E-state index contributed by atoms with van der Waals surface area (Å²) in [7, 11) is 0. The van der Waals surface area contributed by atoms with E-state index in [0.29, 0.717) is 0 Å². The Morgan fingerprint density at radius 2 is 2.07 bits per heavy atom. The van der Waals surface area contributed by atoms with Gasteiger partial charge in [0.25, 0.3) is 0 Å². The quantitative estimate of drug-likeness (QED) is 0.849. The Kier molecular flexibility index (Phi) is 4.67. The highest BCUT2D eigenvalue weighted by Crippen LogP contribution is 2.21. The lowest BCUT2D eigenvalue weighted by Crippen LogP contribution is -2.15. The number of aliphatic hydroxyl groups is 1. The van der Waals surface area contributed by atoms with E-state index in [2.05, 4.69) is 6.07 Å². The van der Waals surface area contributed by atoms with Crippen molar-refractivity contribution in [2.24, 2.45) is 0 Å². The maximum atomic E-state index is 9.34. The summed E-state index contributed by atoms with van der Waals surface area (Å²) >= 11 is 1.67. The molecule has 1 aromatic carbocycles. The lowest BCUT2D eigenvalue weighted by atomic mass is 10.1. The molecule has 1 N–H and O–H groups in total. The van der Waals surface area contributed by atoms with Crippen molar-refractivity contribution in [1.82, 2.24) is 0 Å². The predicted molar refractivity (Wildman–Crippen MR) is 63.6 cm³/mol. The second kappa shape index (κ2) is 5.79. The van der Waals surface area contributed by atoms with Crippen molar-refractivity contribution >= 4 is 11.8 Å². The normalized spacial score (nSPS) is 14.3. The molecular formula is C12H15NOS. The number of hydrogen-bond donors (Lipinski definition) is 1. The van der Waals surface area contributed by atoms with E-state index in [-0.39, 0.29) is 11.4 Å². The zero-order chi connectivity index (χ0) is 11.3. The van der Waals surface area contributed by atoms with Gasteiger partial charge in [0.1, 0.15) is 0 Å². The van der Waals surface area contributed by atoms with Crippen LogP contribution in [0.5, 0.6) is 0 Å². The summed E-state index contributed by atoms with van der Waals surface area (Å²) < 4.78 is 0. The third-order valence-electron chi connectivity index (χ3n) is 2.32. The van der Waals surface area contributed by atoms with Gasteiger partial charge in [0.15, 0.2) is 0 Å². The molecule has 0 saturated carbocycles. The molecule has 0 heterocycles. The third kappa shape index (κ3) is 3.58. The largest absolute Gasteiger partial charge is 0.392 e. The minimum atomic E-state index is -0.316. The number of hydrogen-bond acceptors (Lipinski definition) is 3. The third-order valence-corrected chi connectivity index (χ3v) is 3.72. The fourth-order valence-corrected chi connectivity index (χ4v) is 2.09. The standard InChI is InChI=1S/C12H15NOS/c1-9(14)10(2)15-8-12-6-4-3-5-11(12)7-13/h3-6,9-10,14H,8H2,1-2H3/t9-,10+/m0/s1. The zero-order valence-corrected chi connectivity index (χ0v) is 9.79. The number of thioether (sulfide) groups is 1. The van der Waals surface area contributed by atoms with E-state index in [4.69, 9.17) is 5.26 Å². The van der Waals surface area contributed by atoms with Crippen LogP contribution in [0, 0.1) is 11.3 Å². The molecule has 0 radical (unpaired) electrons. The Balaban J connectivity index is 2.62. The summed E-state index contributed by atoms with van der Waals surface area (Å²) in [5.74, 6) is 0.774. The van der Waals surface area contributed by atoms with Crippen molar-refractivity contribution in [2.45, 2.75) is 31.0 Å². The molecule has 15 heavy (non-hydrogen) atoms. The van der Waals surface area contributed by atoms with Crippen LogP contribution in [0.3, 0.4) is 0 Å². The second-order valence-corrected chi connectivity index (χ2v) is 4.89. The van der Waals surface area contributed by atoms with Gasteiger partial charge in [0.2, 0.25) is 0 Å². The molecule has 0 amide bonds. The summed E-state index contributed by atoms with van der Waals surface area (Å²) in [4.78, 5) is 0. The van der Waals surface area contributed by atoms with E-state index < -0.39 is 0 Å². The van der Waals surface area contributed by atoms with E-state index in [0.717, 1.165) is 16.9 Å². The van der Waals surface area contributed by atoms with Gasteiger partial charge in [-0.2, -0.15) is 17.0 Å². The molecule has 0 aliphatic carbocycles. The molecule has 0 aliphatic rings. The Morgan fingerprint density at radius 3 is 2.67 bits per heavy atom. The van der Waals surface area contributed by atoms with Gasteiger partial charge in [-0.25, -0.2) is 0 Å². The second-order valence-electron chi connectivity index (χ2n) is 3.53. The van der Waals surface area contributed by atoms with Gasteiger partial charge in [-0.15, -0.1) is 0 Å². The monoisotopic (exact) mass is 221 g/mol. The number of aliphatic hydroxyl groups excluding tert-OH is 1. The smallest absolute Gasteiger partial charge is 0.0994 e. The van der Waals surface area contributed by atoms with Crippen molar-refractivity contribution in [2.75, 3.05) is 0 Å². The number of nitrogens with zero attached hydrogens (tertiary/aromatic N) is 1. The molecule has 0 unspecified atom stereocenters. The van der Waals surface area contributed by atoms with E-state index in [9.17, 15) is 5.11 Å². The van der Waals surface area contributed by atoms with E-state index in [1.807, 2.05) is 31.2 Å². The highest BCUT2D eigenvalue weighted by Gasteiger charge is 2.10. The van der Waals surface area contributed by atoms with E-state index >= 15 is 0 Å². The molecule has 3 heteroatoms. The summed E-state index contributed by atoms with van der Waals surface area (Å²) in [6.07, 6.45) is -0.316. The summed E-state index contributed by atoms with van der Waals surface area (Å²) in [6.45, 7) is 3.78. The molecule has 0 saturated heterocycles. The predicted octanol–water partition coefficient (Wildman–Crippen LogP) is 2.56. The number of benzene rings is 1. The van der Waals surface area contributed by atoms with Gasteiger partial charge in [0.05, 0.1) is 17.7 Å². The molecule has 2 atom stereocenters. The first-order valence-corrected chi connectivity index (χ1v) is 5.97. The average molecular weight is 221 g/mol. The first-order valence-electron chi connectivity index (χ1n) is 4.93. The molecule has 1 aromatic rings. The van der Waals surface area contributed by atoms with Crippen LogP contribution in [0.4, 0.5) is 0 Å². The van der Waals surface area contributed by atoms with Gasteiger partial charge in [-0.3, -0.25) is 0 Å². The number of rotatable bonds is 4. The Labute approximate surface area is 94.9 Å². The van der Waals surface area contributed by atoms with E-state index in [1.54, 1.807) is 18.7 Å². The van der Waals surface area contributed by atoms with Gasteiger partial charge >= 0.3 is 0 Å². The maximum absolute atomic E-state index is 9.34. The van der Waals surface area contributed by atoms with Crippen LogP contribution in [0.25, 0.3) is 0 Å². The van der Waals surface area contributed by atoms with Crippen LogP contribution in [0.15, 0.2) is 24.3 Å². The van der Waals surface area contributed by atoms with Crippen LogP contribution in [-0.4, -0.2) is 16.5 Å². The van der Waals surface area contributed by atoms with Gasteiger partial charge in [-0.1, -0.05) is 25.1 Å². The first kappa shape index (κ1) is 12.1. The molecule has 1 rings (SSSR count). The van der Waals surface area contributed by atoms with Crippen LogP contribution >= 0.6 is 11.8 Å². The van der Waals surface area contributed by atoms with Crippen molar-refractivity contribution in [1.29, 1.82) is 5.26 Å². The highest BCUT2D eigenvalue weighted by atomic mass is 32.2. The maximum Gasteiger partial charge on any atom is 0.0994 e. The first-order chi connectivity index (χ1) is 7.15. The minimum Gasteiger partial charge on any atom is -0.392 e. The lowest BCUT2D eigenvalue weighted by Gasteiger charge is -2.14. The summed E-state index contributed by atoms with van der Waals surface area (Å²) in [5.41, 5.74) is 1.76. The fourth-order valence-electron chi connectivity index (χ4n) is 1.12. The van der Waals surface area contributed by atoms with Gasteiger partial charge in [0, 0.05) is 11.0 Å². The SMILES string of the molecule is C[C@H](O)[C@@H](C)SCc1ccccc1C#N. The molecule has 0 aliphatic heterocycles. The molecule has 80 valence electrons. The van der Waals surface area contributed by atoms with Crippen molar-refractivity contribution < 1.29 is 5.11 Å². The van der Waals surface area contributed by atoms with Crippen molar-refractivity contribution in [3.63, 3.8) is 0 Å².